The quantitative estimate of drug-likeness (QED) is 0.532. The maximum atomic E-state index is 4.23. The molecule has 0 amide bonds. The van der Waals surface area contributed by atoms with Crippen LogP contribution in [0.25, 0.3) is 0 Å². The van der Waals surface area contributed by atoms with Crippen molar-refractivity contribution < 1.29 is 0 Å². The molecule has 0 spiro atoms. The molecule has 0 N–H and O–H groups in total. The maximum absolute atomic E-state index is 4.23. The Balaban J connectivity index is 1.95. The Labute approximate surface area is 120 Å². The smallest absolute Gasteiger partial charge is 0.0293 e. The van der Waals surface area contributed by atoms with Crippen LogP contribution in [0, 0.1) is 11.8 Å². The number of hydrogen-bond acceptors (Lipinski definition) is 1. The van der Waals surface area contributed by atoms with Crippen molar-refractivity contribution in [1.29, 1.82) is 0 Å². The first-order chi connectivity index (χ1) is 8.20. The minimum atomic E-state index is 0.830. The Bertz CT molecular complexity index is 258. The summed E-state index contributed by atoms with van der Waals surface area (Å²) in [6.45, 7) is 8.99. The number of alkyl halides is 1. The number of halogens is 1. The molecule has 0 radical (unpaired) electrons. The van der Waals surface area contributed by atoms with Gasteiger partial charge in [0, 0.05) is 22.7 Å². The molecular formula is C15H26IN. The van der Waals surface area contributed by atoms with E-state index in [0.717, 1.165) is 22.2 Å². The third-order valence-corrected chi connectivity index (χ3v) is 5.51. The minimum Gasteiger partial charge on any atom is -0.374 e. The van der Waals surface area contributed by atoms with Gasteiger partial charge in [0.15, 0.2) is 0 Å². The molecule has 98 valence electrons. The van der Waals surface area contributed by atoms with Gasteiger partial charge in [0.2, 0.25) is 0 Å². The number of allylic oxidation sites excluding steroid dienone is 1. The fourth-order valence-electron chi connectivity index (χ4n) is 3.50. The van der Waals surface area contributed by atoms with Crippen molar-refractivity contribution in [2.75, 3.05) is 13.1 Å². The molecule has 2 atom stereocenters. The second kappa shape index (κ2) is 6.44. The Morgan fingerprint density at radius 3 is 2.53 bits per heavy atom. The molecule has 0 bridgehead atoms. The van der Waals surface area contributed by atoms with Crippen LogP contribution in [0.5, 0.6) is 0 Å². The first kappa shape index (κ1) is 13.7. The largest absolute Gasteiger partial charge is 0.374 e. The van der Waals surface area contributed by atoms with Crippen LogP contribution in [-0.4, -0.2) is 21.9 Å². The van der Waals surface area contributed by atoms with E-state index in [4.69, 9.17) is 0 Å². The fraction of sp³-hybridized carbons (Fsp3) is 0.867. The lowest BCUT2D eigenvalue weighted by Gasteiger charge is -2.42. The molecule has 1 aliphatic carbocycles. The van der Waals surface area contributed by atoms with Gasteiger partial charge in [-0.25, -0.2) is 0 Å². The molecule has 2 heteroatoms. The summed E-state index contributed by atoms with van der Waals surface area (Å²) >= 11 is 2.65. The maximum Gasteiger partial charge on any atom is 0.0293 e. The van der Waals surface area contributed by atoms with Gasteiger partial charge in [0.1, 0.15) is 0 Å². The van der Waals surface area contributed by atoms with Gasteiger partial charge in [-0.1, -0.05) is 68.2 Å². The molecule has 2 fully saturated rings. The molecule has 2 aliphatic rings. The van der Waals surface area contributed by atoms with Crippen LogP contribution in [0.3, 0.4) is 0 Å². The van der Waals surface area contributed by atoms with Gasteiger partial charge >= 0.3 is 0 Å². The normalized spacial score (nSPS) is 31.5. The van der Waals surface area contributed by atoms with Crippen molar-refractivity contribution in [2.24, 2.45) is 11.8 Å². The Hall–Kier alpha value is 0.270. The summed E-state index contributed by atoms with van der Waals surface area (Å²) in [7, 11) is 0. The van der Waals surface area contributed by atoms with E-state index in [2.05, 4.69) is 41.0 Å². The number of hydrogen-bond donors (Lipinski definition) is 0. The van der Waals surface area contributed by atoms with E-state index in [1.54, 1.807) is 0 Å². The van der Waals surface area contributed by atoms with Gasteiger partial charge in [0.05, 0.1) is 0 Å². The van der Waals surface area contributed by atoms with Crippen LogP contribution in [0.1, 0.15) is 51.9 Å². The molecule has 0 aromatic carbocycles. The summed E-state index contributed by atoms with van der Waals surface area (Å²) in [6, 6.07) is 0. The zero-order valence-electron chi connectivity index (χ0n) is 11.1. The molecule has 0 aromatic rings. The summed E-state index contributed by atoms with van der Waals surface area (Å²) in [5, 5.41) is 0. The van der Waals surface area contributed by atoms with Gasteiger partial charge in [-0.3, -0.25) is 0 Å². The van der Waals surface area contributed by atoms with E-state index >= 15 is 0 Å². The first-order valence-corrected chi connectivity index (χ1v) is 8.52. The lowest BCUT2D eigenvalue weighted by Crippen LogP contribution is -2.42. The number of piperidine rings is 1. The number of likely N-dealkylation sites (tertiary alicyclic amines) is 1. The van der Waals surface area contributed by atoms with Gasteiger partial charge in [0.25, 0.3) is 0 Å². The van der Waals surface area contributed by atoms with E-state index in [-0.39, 0.29) is 0 Å². The number of nitrogens with zero attached hydrogens (tertiary/aromatic N) is 1. The molecule has 17 heavy (non-hydrogen) atoms. The molecular weight excluding hydrogens is 321 g/mol. The average molecular weight is 347 g/mol. The summed E-state index contributed by atoms with van der Waals surface area (Å²) in [4.78, 5) is 2.57. The van der Waals surface area contributed by atoms with E-state index in [1.165, 1.54) is 57.3 Å². The lowest BCUT2D eigenvalue weighted by atomic mass is 9.76. The van der Waals surface area contributed by atoms with Crippen molar-refractivity contribution in [3.63, 3.8) is 0 Å². The Morgan fingerprint density at radius 1 is 1.18 bits per heavy atom. The van der Waals surface area contributed by atoms with Crippen LogP contribution >= 0.6 is 22.6 Å². The standard InChI is InChI=1S/C15H26IN/c1-3-12(2)17-10-14(9-15(16)11-17)13-7-5-4-6-8-13/h13-15H,2-11H2,1H3. The highest BCUT2D eigenvalue weighted by atomic mass is 127. The number of rotatable bonds is 3. The van der Waals surface area contributed by atoms with Crippen LogP contribution in [-0.2, 0) is 0 Å². The Kier molecular flexibility index (Phi) is 5.19. The topological polar surface area (TPSA) is 3.24 Å². The minimum absolute atomic E-state index is 0.830. The third kappa shape index (κ3) is 3.62. The highest BCUT2D eigenvalue weighted by Crippen LogP contribution is 2.37. The molecule has 1 heterocycles. The molecule has 1 nitrogen and oxygen atoms in total. The van der Waals surface area contributed by atoms with E-state index in [0.29, 0.717) is 0 Å². The van der Waals surface area contributed by atoms with Gasteiger partial charge in [-0.2, -0.15) is 0 Å². The molecule has 0 aromatic heterocycles. The molecule has 1 saturated carbocycles. The summed E-state index contributed by atoms with van der Waals surface area (Å²) in [5.41, 5.74) is 1.35. The van der Waals surface area contributed by atoms with Crippen LogP contribution in [0.2, 0.25) is 0 Å². The monoisotopic (exact) mass is 347 g/mol. The highest BCUT2D eigenvalue weighted by Gasteiger charge is 2.31. The zero-order chi connectivity index (χ0) is 12.3. The predicted molar refractivity (Wildman–Crippen MR) is 83.5 cm³/mol. The first-order valence-electron chi connectivity index (χ1n) is 7.27. The second-order valence-electron chi connectivity index (χ2n) is 5.82. The second-order valence-corrected chi connectivity index (χ2v) is 7.58. The fourth-order valence-corrected chi connectivity index (χ4v) is 4.63. The SMILES string of the molecule is C=C(CC)N1CC(I)CC(C2CCCCC2)C1. The molecule has 1 saturated heterocycles. The average Bonchev–Trinajstić information content (AvgIpc) is 2.38. The third-order valence-electron chi connectivity index (χ3n) is 4.60. The summed E-state index contributed by atoms with van der Waals surface area (Å²) in [5.74, 6) is 1.95. The predicted octanol–water partition coefficient (Wildman–Crippen LogP) is 4.62. The van der Waals surface area contributed by atoms with Gasteiger partial charge < -0.3 is 4.90 Å². The highest BCUT2D eigenvalue weighted by molar-refractivity contribution is 14.1. The van der Waals surface area contributed by atoms with Crippen LogP contribution in [0.4, 0.5) is 0 Å². The van der Waals surface area contributed by atoms with E-state index in [1.807, 2.05) is 0 Å². The molecule has 2 unspecified atom stereocenters. The summed E-state index contributed by atoms with van der Waals surface area (Å²) in [6.07, 6.45) is 9.95. The Morgan fingerprint density at radius 2 is 1.88 bits per heavy atom. The van der Waals surface area contributed by atoms with Gasteiger partial charge in [-0.15, -0.1) is 0 Å². The lowest BCUT2D eigenvalue weighted by molar-refractivity contribution is 0.144. The molecule has 2 rings (SSSR count). The van der Waals surface area contributed by atoms with E-state index < -0.39 is 0 Å². The van der Waals surface area contributed by atoms with Crippen molar-refractivity contribution in [1.82, 2.24) is 4.90 Å². The van der Waals surface area contributed by atoms with Crippen molar-refractivity contribution >= 4 is 22.6 Å². The molecule has 1 aliphatic heterocycles. The van der Waals surface area contributed by atoms with Crippen molar-refractivity contribution in [2.45, 2.75) is 55.8 Å². The van der Waals surface area contributed by atoms with Crippen molar-refractivity contribution in [3.8, 4) is 0 Å². The van der Waals surface area contributed by atoms with Crippen molar-refractivity contribution in [3.05, 3.63) is 12.3 Å². The van der Waals surface area contributed by atoms with Crippen LogP contribution in [0.15, 0.2) is 12.3 Å². The summed E-state index contributed by atoms with van der Waals surface area (Å²) < 4.78 is 0.830. The van der Waals surface area contributed by atoms with Gasteiger partial charge in [-0.05, 0) is 24.7 Å². The zero-order valence-corrected chi connectivity index (χ0v) is 13.3. The van der Waals surface area contributed by atoms with E-state index in [9.17, 15) is 0 Å². The van der Waals surface area contributed by atoms with Crippen LogP contribution < -0.4 is 0 Å².